The van der Waals surface area contributed by atoms with Gasteiger partial charge in [0, 0.05) is 10.6 Å². The Morgan fingerprint density at radius 1 is 0.971 bits per heavy atom. The summed E-state index contributed by atoms with van der Waals surface area (Å²) >= 11 is 7.44. The number of imidazole rings is 1. The predicted octanol–water partition coefficient (Wildman–Crippen LogP) is 6.52. The highest BCUT2D eigenvalue weighted by Gasteiger charge is 2.14. The Kier molecular flexibility index (Phi) is 6.84. The molecule has 1 N–H and O–H groups in total. The molecule has 0 spiro atoms. The Morgan fingerprint density at radius 2 is 1.71 bits per heavy atom. The van der Waals surface area contributed by atoms with Crippen LogP contribution in [0.2, 0.25) is 5.02 Å². The number of hydrogen-bond donors (Lipinski definition) is 1. The maximum Gasteiger partial charge on any atom is 0.250 e. The molecule has 0 saturated carbocycles. The highest BCUT2D eigenvalue weighted by atomic mass is 35.5. The standard InChI is InChI=1S/C28H23ClN4OS/c1-19(23-10-6-8-21-7-2-3-9-24(21)23)31-32-27(34)18-35-28-30-25-11-4-5-12-26(25)33(28)17-20-13-15-22(29)16-14-20/h2-16H,17-18H2,1H3,(H,32,34)/b31-19+. The molecule has 0 aliphatic carbocycles. The Hall–Kier alpha value is -3.61. The van der Waals surface area contributed by atoms with Crippen LogP contribution in [0.4, 0.5) is 0 Å². The van der Waals surface area contributed by atoms with Crippen molar-refractivity contribution in [1.82, 2.24) is 15.0 Å². The van der Waals surface area contributed by atoms with E-state index in [-0.39, 0.29) is 11.7 Å². The minimum Gasteiger partial charge on any atom is -0.314 e. The SMILES string of the molecule is C/C(=N\NC(=O)CSc1nc2ccccc2n1Cc1ccc(Cl)cc1)c1cccc2ccccc12. The maximum atomic E-state index is 12.6. The van der Waals surface area contributed by atoms with Gasteiger partial charge in [-0.15, -0.1) is 0 Å². The highest BCUT2D eigenvalue weighted by Crippen LogP contribution is 2.26. The van der Waals surface area contributed by atoms with Crippen molar-refractivity contribution in [2.75, 3.05) is 5.75 Å². The van der Waals surface area contributed by atoms with Crippen molar-refractivity contribution in [3.63, 3.8) is 0 Å². The van der Waals surface area contributed by atoms with Gasteiger partial charge in [-0.05, 0) is 47.5 Å². The molecular formula is C28H23ClN4OS. The molecule has 5 nitrogen and oxygen atoms in total. The van der Waals surface area contributed by atoms with Gasteiger partial charge >= 0.3 is 0 Å². The average Bonchev–Trinajstić information content (AvgIpc) is 3.24. The van der Waals surface area contributed by atoms with Gasteiger partial charge in [-0.1, -0.05) is 90.1 Å². The molecule has 35 heavy (non-hydrogen) atoms. The molecular weight excluding hydrogens is 476 g/mol. The molecule has 7 heteroatoms. The summed E-state index contributed by atoms with van der Waals surface area (Å²) in [5.74, 6) is 0.0238. The first-order valence-corrected chi connectivity index (χ1v) is 12.6. The lowest BCUT2D eigenvalue weighted by atomic mass is 10.0. The first-order chi connectivity index (χ1) is 17.1. The number of aromatic nitrogens is 2. The lowest BCUT2D eigenvalue weighted by Gasteiger charge is -2.09. The zero-order chi connectivity index (χ0) is 24.2. The number of rotatable bonds is 7. The largest absolute Gasteiger partial charge is 0.314 e. The number of benzene rings is 4. The number of amides is 1. The smallest absolute Gasteiger partial charge is 0.250 e. The second-order valence-electron chi connectivity index (χ2n) is 8.14. The van der Waals surface area contributed by atoms with E-state index in [4.69, 9.17) is 16.6 Å². The number of fused-ring (bicyclic) bond motifs is 2. The minimum atomic E-state index is -0.181. The van der Waals surface area contributed by atoms with Crippen LogP contribution in [0.25, 0.3) is 21.8 Å². The monoisotopic (exact) mass is 498 g/mol. The van der Waals surface area contributed by atoms with Gasteiger partial charge in [0.2, 0.25) is 0 Å². The van der Waals surface area contributed by atoms with Crippen LogP contribution in [0, 0.1) is 0 Å². The Bertz CT molecular complexity index is 1540. The fourth-order valence-electron chi connectivity index (χ4n) is 4.00. The average molecular weight is 499 g/mol. The Morgan fingerprint density at radius 3 is 2.57 bits per heavy atom. The van der Waals surface area contributed by atoms with E-state index in [1.54, 1.807) is 0 Å². The number of nitrogens with zero attached hydrogens (tertiary/aromatic N) is 3. The first-order valence-electron chi connectivity index (χ1n) is 11.2. The van der Waals surface area contributed by atoms with Crippen LogP contribution in [0.3, 0.4) is 0 Å². The van der Waals surface area contributed by atoms with E-state index in [0.29, 0.717) is 11.6 Å². The van der Waals surface area contributed by atoms with Crippen molar-refractivity contribution in [3.05, 3.63) is 107 Å². The summed E-state index contributed by atoms with van der Waals surface area (Å²) < 4.78 is 2.13. The number of hydrogen-bond acceptors (Lipinski definition) is 4. The summed E-state index contributed by atoms with van der Waals surface area (Å²) in [7, 11) is 0. The second kappa shape index (κ2) is 10.3. The molecule has 0 bridgehead atoms. The number of hydrazone groups is 1. The summed E-state index contributed by atoms with van der Waals surface area (Å²) in [6, 6.07) is 30.0. The third-order valence-corrected chi connectivity index (χ3v) is 6.96. The van der Waals surface area contributed by atoms with E-state index in [1.807, 2.05) is 79.7 Å². The lowest BCUT2D eigenvalue weighted by Crippen LogP contribution is -2.21. The van der Waals surface area contributed by atoms with E-state index < -0.39 is 0 Å². The third kappa shape index (κ3) is 5.24. The second-order valence-corrected chi connectivity index (χ2v) is 9.52. The van der Waals surface area contributed by atoms with Crippen LogP contribution in [0.5, 0.6) is 0 Å². The maximum absolute atomic E-state index is 12.6. The van der Waals surface area contributed by atoms with Gasteiger partial charge in [0.05, 0.1) is 29.0 Å². The summed E-state index contributed by atoms with van der Waals surface area (Å²) in [4.78, 5) is 17.4. The van der Waals surface area contributed by atoms with Crippen LogP contribution in [0.15, 0.2) is 101 Å². The van der Waals surface area contributed by atoms with Gasteiger partial charge in [0.25, 0.3) is 5.91 Å². The van der Waals surface area contributed by atoms with Crippen molar-refractivity contribution in [2.45, 2.75) is 18.6 Å². The molecule has 1 aromatic heterocycles. The zero-order valence-corrected chi connectivity index (χ0v) is 20.7. The molecule has 174 valence electrons. The Labute approximate surface area is 212 Å². The molecule has 5 aromatic rings. The van der Waals surface area contributed by atoms with E-state index in [1.165, 1.54) is 11.8 Å². The van der Waals surface area contributed by atoms with Crippen LogP contribution >= 0.6 is 23.4 Å². The van der Waals surface area contributed by atoms with E-state index >= 15 is 0 Å². The van der Waals surface area contributed by atoms with Gasteiger partial charge in [0.1, 0.15) is 0 Å². The summed E-state index contributed by atoms with van der Waals surface area (Å²) in [5.41, 5.74) is 7.49. The Balaban J connectivity index is 1.31. The first kappa shape index (κ1) is 23.1. The van der Waals surface area contributed by atoms with Crippen molar-refractivity contribution < 1.29 is 4.79 Å². The number of carbonyl (C=O) groups excluding carboxylic acids is 1. The molecule has 4 aromatic carbocycles. The third-order valence-electron chi connectivity index (χ3n) is 5.73. The van der Waals surface area contributed by atoms with Gasteiger partial charge in [-0.2, -0.15) is 5.10 Å². The molecule has 0 aliphatic heterocycles. The van der Waals surface area contributed by atoms with E-state index in [0.717, 1.165) is 43.8 Å². The molecule has 1 heterocycles. The minimum absolute atomic E-state index is 0.181. The van der Waals surface area contributed by atoms with Crippen LogP contribution in [-0.4, -0.2) is 26.9 Å². The molecule has 0 saturated heterocycles. The summed E-state index contributed by atoms with van der Waals surface area (Å²) in [6.45, 7) is 2.54. The fraction of sp³-hybridized carbons (Fsp3) is 0.107. The highest BCUT2D eigenvalue weighted by molar-refractivity contribution is 7.99. The number of halogens is 1. The quantitative estimate of drug-likeness (QED) is 0.158. The number of thioether (sulfide) groups is 1. The van der Waals surface area contributed by atoms with Crippen molar-refractivity contribution >= 4 is 56.8 Å². The molecule has 0 fully saturated rings. The van der Waals surface area contributed by atoms with Gasteiger partial charge in [-0.25, -0.2) is 10.4 Å². The number of nitrogens with one attached hydrogen (secondary N) is 1. The summed E-state index contributed by atoms with van der Waals surface area (Å²) in [5, 5.41) is 8.10. The van der Waals surface area contributed by atoms with Crippen molar-refractivity contribution in [2.24, 2.45) is 5.10 Å². The van der Waals surface area contributed by atoms with Crippen molar-refractivity contribution in [3.8, 4) is 0 Å². The molecule has 0 atom stereocenters. The van der Waals surface area contributed by atoms with Crippen LogP contribution < -0.4 is 5.43 Å². The van der Waals surface area contributed by atoms with Crippen LogP contribution in [0.1, 0.15) is 18.1 Å². The fourth-order valence-corrected chi connectivity index (χ4v) is 4.93. The molecule has 0 unspecified atom stereocenters. The number of para-hydroxylation sites is 2. The van der Waals surface area contributed by atoms with Gasteiger partial charge < -0.3 is 4.57 Å². The summed E-state index contributed by atoms with van der Waals surface area (Å²) in [6.07, 6.45) is 0. The van der Waals surface area contributed by atoms with E-state index in [2.05, 4.69) is 33.3 Å². The van der Waals surface area contributed by atoms with Crippen LogP contribution in [-0.2, 0) is 11.3 Å². The normalized spacial score (nSPS) is 11.8. The lowest BCUT2D eigenvalue weighted by molar-refractivity contribution is -0.118. The van der Waals surface area contributed by atoms with E-state index in [9.17, 15) is 4.79 Å². The zero-order valence-electron chi connectivity index (χ0n) is 19.1. The van der Waals surface area contributed by atoms with Gasteiger partial charge in [-0.3, -0.25) is 4.79 Å². The number of carbonyl (C=O) groups is 1. The molecule has 0 radical (unpaired) electrons. The topological polar surface area (TPSA) is 59.3 Å². The molecule has 1 amide bonds. The van der Waals surface area contributed by atoms with Gasteiger partial charge in [0.15, 0.2) is 5.16 Å². The van der Waals surface area contributed by atoms with Crippen molar-refractivity contribution in [1.29, 1.82) is 0 Å². The predicted molar refractivity (Wildman–Crippen MR) is 145 cm³/mol. The molecule has 0 aliphatic rings. The molecule has 5 rings (SSSR count).